The van der Waals surface area contributed by atoms with E-state index in [0.717, 1.165) is 0 Å². The lowest BCUT2D eigenvalue weighted by Crippen LogP contribution is -2.26. The predicted molar refractivity (Wildman–Crippen MR) is 53.9 cm³/mol. The van der Waals surface area contributed by atoms with Crippen LogP contribution in [-0.4, -0.2) is 10.7 Å². The Morgan fingerprint density at radius 3 is 2.25 bits per heavy atom. The lowest BCUT2D eigenvalue weighted by atomic mass is 9.93. The van der Waals surface area contributed by atoms with E-state index in [4.69, 9.17) is 0 Å². The van der Waals surface area contributed by atoms with E-state index in [1.807, 2.05) is 31.2 Å². The number of rotatable bonds is 4. The van der Waals surface area contributed by atoms with E-state index in [1.54, 1.807) is 19.9 Å². The highest BCUT2D eigenvalue weighted by atomic mass is 16.3. The van der Waals surface area contributed by atoms with Crippen LogP contribution in [0.15, 0.2) is 37.0 Å². The van der Waals surface area contributed by atoms with Gasteiger partial charge in [0.05, 0.1) is 5.60 Å². The molecule has 0 aromatic heterocycles. The van der Waals surface area contributed by atoms with Crippen molar-refractivity contribution in [2.24, 2.45) is 5.92 Å². The lowest BCUT2D eigenvalue weighted by molar-refractivity contribution is 0.0441. The van der Waals surface area contributed by atoms with E-state index in [0.29, 0.717) is 0 Å². The van der Waals surface area contributed by atoms with Crippen LogP contribution in [0.25, 0.3) is 0 Å². The van der Waals surface area contributed by atoms with Gasteiger partial charge in [0.1, 0.15) is 0 Å². The highest BCUT2D eigenvalue weighted by molar-refractivity contribution is 5.10. The number of hydrogen-bond donors (Lipinski definition) is 1. The van der Waals surface area contributed by atoms with E-state index in [2.05, 4.69) is 6.58 Å². The minimum atomic E-state index is -0.640. The molecule has 0 aliphatic carbocycles. The van der Waals surface area contributed by atoms with Gasteiger partial charge in [-0.3, -0.25) is 0 Å². The molecular weight excluding hydrogens is 148 g/mol. The van der Waals surface area contributed by atoms with Crippen molar-refractivity contribution in [2.45, 2.75) is 26.4 Å². The third-order valence-corrected chi connectivity index (χ3v) is 1.87. The summed E-state index contributed by atoms with van der Waals surface area (Å²) in [5.74, 6) is 0.159. The SMILES string of the molecule is C=C/C=C/C=C/C(C)C(C)(C)O. The minimum Gasteiger partial charge on any atom is -0.390 e. The van der Waals surface area contributed by atoms with Crippen LogP contribution in [0.2, 0.25) is 0 Å². The third kappa shape index (κ3) is 4.91. The lowest BCUT2D eigenvalue weighted by Gasteiger charge is -2.22. The van der Waals surface area contributed by atoms with Gasteiger partial charge < -0.3 is 5.11 Å². The fourth-order valence-corrected chi connectivity index (χ4v) is 0.609. The molecule has 1 heteroatoms. The van der Waals surface area contributed by atoms with Gasteiger partial charge in [-0.15, -0.1) is 0 Å². The Labute approximate surface area is 75.1 Å². The van der Waals surface area contributed by atoms with Crippen molar-refractivity contribution in [1.29, 1.82) is 0 Å². The van der Waals surface area contributed by atoms with Gasteiger partial charge in [0, 0.05) is 5.92 Å². The summed E-state index contributed by atoms with van der Waals surface area (Å²) < 4.78 is 0. The summed E-state index contributed by atoms with van der Waals surface area (Å²) in [6, 6.07) is 0. The first-order valence-electron chi connectivity index (χ1n) is 4.16. The summed E-state index contributed by atoms with van der Waals surface area (Å²) >= 11 is 0. The molecule has 0 aliphatic heterocycles. The van der Waals surface area contributed by atoms with Crippen LogP contribution < -0.4 is 0 Å². The number of hydrogen-bond acceptors (Lipinski definition) is 1. The molecule has 1 unspecified atom stereocenters. The monoisotopic (exact) mass is 166 g/mol. The van der Waals surface area contributed by atoms with E-state index in [-0.39, 0.29) is 5.92 Å². The van der Waals surface area contributed by atoms with Crippen LogP contribution in [0.4, 0.5) is 0 Å². The van der Waals surface area contributed by atoms with Crippen molar-refractivity contribution in [3.8, 4) is 0 Å². The molecule has 0 aliphatic rings. The van der Waals surface area contributed by atoms with Gasteiger partial charge >= 0.3 is 0 Å². The molecule has 0 saturated carbocycles. The second kappa shape index (κ2) is 4.94. The third-order valence-electron chi connectivity index (χ3n) is 1.87. The molecule has 68 valence electrons. The summed E-state index contributed by atoms with van der Waals surface area (Å²) in [7, 11) is 0. The molecule has 0 bridgehead atoms. The van der Waals surface area contributed by atoms with Gasteiger partial charge in [-0.2, -0.15) is 0 Å². The average molecular weight is 166 g/mol. The molecule has 0 aromatic rings. The van der Waals surface area contributed by atoms with Crippen molar-refractivity contribution in [2.75, 3.05) is 0 Å². The second-order valence-electron chi connectivity index (χ2n) is 3.45. The fourth-order valence-electron chi connectivity index (χ4n) is 0.609. The summed E-state index contributed by atoms with van der Waals surface area (Å²) in [5, 5.41) is 9.55. The van der Waals surface area contributed by atoms with Crippen molar-refractivity contribution in [3.63, 3.8) is 0 Å². The molecule has 1 nitrogen and oxygen atoms in total. The Balaban J connectivity index is 4.00. The summed E-state index contributed by atoms with van der Waals surface area (Å²) in [5.41, 5.74) is -0.640. The van der Waals surface area contributed by atoms with E-state index in [9.17, 15) is 5.11 Å². The van der Waals surface area contributed by atoms with Crippen LogP contribution in [0, 0.1) is 5.92 Å². The van der Waals surface area contributed by atoms with Crippen molar-refractivity contribution in [3.05, 3.63) is 37.0 Å². The zero-order valence-corrected chi connectivity index (χ0v) is 8.12. The predicted octanol–water partition coefficient (Wildman–Crippen LogP) is 2.69. The Hall–Kier alpha value is -0.820. The van der Waals surface area contributed by atoms with Gasteiger partial charge in [0.15, 0.2) is 0 Å². The van der Waals surface area contributed by atoms with Crippen LogP contribution in [-0.2, 0) is 0 Å². The molecule has 1 atom stereocenters. The Bertz CT molecular complexity index is 182. The highest BCUT2D eigenvalue weighted by Gasteiger charge is 2.18. The Morgan fingerprint density at radius 2 is 1.83 bits per heavy atom. The molecular formula is C11H18O. The molecule has 1 N–H and O–H groups in total. The summed E-state index contributed by atoms with van der Waals surface area (Å²) in [6.07, 6.45) is 9.37. The Kier molecular flexibility index (Phi) is 4.60. The largest absolute Gasteiger partial charge is 0.390 e. The van der Waals surface area contributed by atoms with Crippen LogP contribution in [0.5, 0.6) is 0 Å². The Morgan fingerprint density at radius 1 is 1.25 bits per heavy atom. The molecule has 0 aromatic carbocycles. The minimum absolute atomic E-state index is 0.159. The van der Waals surface area contributed by atoms with Gasteiger partial charge in [-0.05, 0) is 13.8 Å². The van der Waals surface area contributed by atoms with Crippen LogP contribution >= 0.6 is 0 Å². The summed E-state index contributed by atoms with van der Waals surface area (Å²) in [4.78, 5) is 0. The van der Waals surface area contributed by atoms with Gasteiger partial charge in [0.25, 0.3) is 0 Å². The quantitative estimate of drug-likeness (QED) is 0.637. The maximum absolute atomic E-state index is 9.55. The van der Waals surface area contributed by atoms with Crippen LogP contribution in [0.1, 0.15) is 20.8 Å². The topological polar surface area (TPSA) is 20.2 Å². The van der Waals surface area contributed by atoms with Crippen molar-refractivity contribution >= 4 is 0 Å². The highest BCUT2D eigenvalue weighted by Crippen LogP contribution is 2.16. The molecule has 0 spiro atoms. The van der Waals surface area contributed by atoms with E-state index >= 15 is 0 Å². The first-order valence-corrected chi connectivity index (χ1v) is 4.16. The molecule has 0 amide bonds. The first kappa shape index (κ1) is 11.2. The fraction of sp³-hybridized carbons (Fsp3) is 0.455. The normalized spacial score (nSPS) is 15.7. The second-order valence-corrected chi connectivity index (χ2v) is 3.45. The maximum atomic E-state index is 9.55. The molecule has 0 fully saturated rings. The van der Waals surface area contributed by atoms with Gasteiger partial charge in [-0.1, -0.05) is 43.9 Å². The smallest absolute Gasteiger partial charge is 0.0651 e. The standard InChI is InChI=1S/C11H18O/c1-5-6-7-8-9-10(2)11(3,4)12/h5-10,12H,1H2,2-4H3/b7-6+,9-8+. The summed E-state index contributed by atoms with van der Waals surface area (Å²) in [6.45, 7) is 9.15. The first-order chi connectivity index (χ1) is 5.48. The van der Waals surface area contributed by atoms with Gasteiger partial charge in [-0.25, -0.2) is 0 Å². The molecule has 0 heterocycles. The average Bonchev–Trinajstić information content (AvgIpc) is 1.96. The van der Waals surface area contributed by atoms with E-state index in [1.165, 1.54) is 0 Å². The van der Waals surface area contributed by atoms with Gasteiger partial charge in [0.2, 0.25) is 0 Å². The number of aliphatic hydroxyl groups is 1. The number of allylic oxidation sites excluding steroid dienone is 4. The van der Waals surface area contributed by atoms with Crippen molar-refractivity contribution < 1.29 is 5.11 Å². The molecule has 0 rings (SSSR count). The van der Waals surface area contributed by atoms with Crippen molar-refractivity contribution in [1.82, 2.24) is 0 Å². The zero-order chi connectivity index (χ0) is 9.61. The zero-order valence-electron chi connectivity index (χ0n) is 8.12. The van der Waals surface area contributed by atoms with E-state index < -0.39 is 5.60 Å². The van der Waals surface area contributed by atoms with Crippen LogP contribution in [0.3, 0.4) is 0 Å². The molecule has 12 heavy (non-hydrogen) atoms. The molecule has 0 saturated heterocycles. The molecule has 0 radical (unpaired) electrons. The maximum Gasteiger partial charge on any atom is 0.0651 e.